The van der Waals surface area contributed by atoms with Crippen LogP contribution in [0.15, 0.2) is 35.7 Å². The molecule has 23 heavy (non-hydrogen) atoms. The Kier molecular flexibility index (Phi) is 5.08. The highest BCUT2D eigenvalue weighted by molar-refractivity contribution is 7.09. The second-order valence-electron chi connectivity index (χ2n) is 6.14. The number of carboxylic acid groups (broad SMARTS) is 1. The summed E-state index contributed by atoms with van der Waals surface area (Å²) < 4.78 is 0. The van der Waals surface area contributed by atoms with Gasteiger partial charge in [-0.15, -0.1) is 11.3 Å². The molecule has 0 radical (unpaired) electrons. The van der Waals surface area contributed by atoms with E-state index < -0.39 is 5.97 Å². The number of aromatic carboxylic acids is 1. The zero-order valence-electron chi connectivity index (χ0n) is 13.3. The van der Waals surface area contributed by atoms with Crippen LogP contribution in [0.4, 0.5) is 0 Å². The Balaban J connectivity index is 1.65. The van der Waals surface area contributed by atoms with Crippen LogP contribution in [0.5, 0.6) is 0 Å². The van der Waals surface area contributed by atoms with Crippen LogP contribution in [0.2, 0.25) is 0 Å². The van der Waals surface area contributed by atoms with Gasteiger partial charge in [-0.2, -0.15) is 0 Å². The molecule has 1 aliphatic rings. The SMILES string of the molecule is CCC1CN(Cc2nc(C(=O)O)cs2)CCC1c1ccccc1. The lowest BCUT2D eigenvalue weighted by Crippen LogP contribution is -2.38. The summed E-state index contributed by atoms with van der Waals surface area (Å²) in [7, 11) is 0. The van der Waals surface area contributed by atoms with Gasteiger partial charge >= 0.3 is 5.97 Å². The molecular formula is C18H22N2O2S. The monoisotopic (exact) mass is 330 g/mol. The van der Waals surface area contributed by atoms with E-state index in [0.717, 1.165) is 37.5 Å². The Hall–Kier alpha value is -1.72. The molecule has 2 heterocycles. The van der Waals surface area contributed by atoms with Crippen LogP contribution in [-0.2, 0) is 6.54 Å². The van der Waals surface area contributed by atoms with Crippen LogP contribution in [-0.4, -0.2) is 34.0 Å². The molecule has 0 amide bonds. The van der Waals surface area contributed by atoms with Gasteiger partial charge in [-0.1, -0.05) is 43.7 Å². The summed E-state index contributed by atoms with van der Waals surface area (Å²) >= 11 is 1.44. The van der Waals surface area contributed by atoms with E-state index in [4.69, 9.17) is 5.11 Å². The average molecular weight is 330 g/mol. The highest BCUT2D eigenvalue weighted by Crippen LogP contribution is 2.35. The van der Waals surface area contributed by atoms with E-state index in [9.17, 15) is 4.79 Å². The molecule has 5 heteroatoms. The normalized spacial score (nSPS) is 22.1. The molecule has 3 rings (SSSR count). The Bertz CT molecular complexity index is 656. The van der Waals surface area contributed by atoms with Crippen LogP contribution in [0.25, 0.3) is 0 Å². The molecule has 0 aliphatic carbocycles. The molecule has 2 aromatic rings. The maximum Gasteiger partial charge on any atom is 0.355 e. The number of aromatic nitrogens is 1. The van der Waals surface area contributed by atoms with Crippen molar-refractivity contribution in [2.45, 2.75) is 32.2 Å². The first-order valence-electron chi connectivity index (χ1n) is 8.12. The number of carboxylic acids is 1. The smallest absolute Gasteiger partial charge is 0.355 e. The van der Waals surface area contributed by atoms with Crippen molar-refractivity contribution in [3.63, 3.8) is 0 Å². The maximum absolute atomic E-state index is 10.9. The van der Waals surface area contributed by atoms with Crippen molar-refractivity contribution in [2.75, 3.05) is 13.1 Å². The number of nitrogens with zero attached hydrogens (tertiary/aromatic N) is 2. The summed E-state index contributed by atoms with van der Waals surface area (Å²) in [5.74, 6) is 0.329. The second kappa shape index (κ2) is 7.23. The molecule has 1 aromatic heterocycles. The molecule has 4 nitrogen and oxygen atoms in total. The minimum atomic E-state index is -0.943. The number of piperidine rings is 1. The van der Waals surface area contributed by atoms with Crippen LogP contribution in [0.1, 0.15) is 46.7 Å². The van der Waals surface area contributed by atoms with Crippen molar-refractivity contribution in [2.24, 2.45) is 5.92 Å². The largest absolute Gasteiger partial charge is 0.476 e. The predicted octanol–water partition coefficient (Wildman–Crippen LogP) is 3.86. The molecule has 1 saturated heterocycles. The van der Waals surface area contributed by atoms with Gasteiger partial charge in [0.15, 0.2) is 5.69 Å². The molecule has 1 aromatic carbocycles. The zero-order valence-corrected chi connectivity index (χ0v) is 14.1. The summed E-state index contributed by atoms with van der Waals surface area (Å²) in [6, 6.07) is 10.8. The van der Waals surface area contributed by atoms with E-state index in [2.05, 4.69) is 47.1 Å². The lowest BCUT2D eigenvalue weighted by Gasteiger charge is -2.38. The quantitative estimate of drug-likeness (QED) is 0.904. The van der Waals surface area contributed by atoms with Crippen LogP contribution in [0.3, 0.4) is 0 Å². The van der Waals surface area contributed by atoms with Gasteiger partial charge in [0.25, 0.3) is 0 Å². The molecule has 0 bridgehead atoms. The molecule has 122 valence electrons. The van der Waals surface area contributed by atoms with Crippen LogP contribution >= 0.6 is 11.3 Å². The van der Waals surface area contributed by atoms with Gasteiger partial charge in [-0.3, -0.25) is 4.90 Å². The number of thiazole rings is 1. The molecule has 0 spiro atoms. The average Bonchev–Trinajstić information content (AvgIpc) is 3.04. The van der Waals surface area contributed by atoms with E-state index in [-0.39, 0.29) is 5.69 Å². The molecule has 0 saturated carbocycles. The summed E-state index contributed by atoms with van der Waals surface area (Å²) in [4.78, 5) is 17.6. The minimum absolute atomic E-state index is 0.163. The van der Waals surface area contributed by atoms with E-state index in [1.165, 1.54) is 16.9 Å². The first-order chi connectivity index (χ1) is 11.2. The van der Waals surface area contributed by atoms with Gasteiger partial charge in [-0.25, -0.2) is 9.78 Å². The lowest BCUT2D eigenvalue weighted by atomic mass is 9.79. The first-order valence-corrected chi connectivity index (χ1v) is 9.00. The van der Waals surface area contributed by atoms with Crippen molar-refractivity contribution < 1.29 is 9.90 Å². The van der Waals surface area contributed by atoms with E-state index in [0.29, 0.717) is 11.8 Å². The third kappa shape index (κ3) is 3.79. The van der Waals surface area contributed by atoms with Crippen molar-refractivity contribution in [1.82, 2.24) is 9.88 Å². The third-order valence-corrected chi connectivity index (χ3v) is 5.53. The highest BCUT2D eigenvalue weighted by atomic mass is 32.1. The fourth-order valence-corrected chi connectivity index (χ4v) is 4.29. The summed E-state index contributed by atoms with van der Waals surface area (Å²) in [5, 5.41) is 11.5. The van der Waals surface area contributed by atoms with Crippen molar-refractivity contribution in [1.29, 1.82) is 0 Å². The Morgan fingerprint density at radius 1 is 1.39 bits per heavy atom. The third-order valence-electron chi connectivity index (χ3n) is 4.70. The van der Waals surface area contributed by atoms with Gasteiger partial charge in [0.1, 0.15) is 5.01 Å². The van der Waals surface area contributed by atoms with E-state index >= 15 is 0 Å². The topological polar surface area (TPSA) is 53.4 Å². The van der Waals surface area contributed by atoms with E-state index in [1.807, 2.05) is 0 Å². The number of rotatable bonds is 5. The zero-order chi connectivity index (χ0) is 16.2. The van der Waals surface area contributed by atoms with Crippen molar-refractivity contribution in [3.8, 4) is 0 Å². The van der Waals surface area contributed by atoms with Gasteiger partial charge in [0.05, 0.1) is 6.54 Å². The fraction of sp³-hybridized carbons (Fsp3) is 0.444. The van der Waals surface area contributed by atoms with Gasteiger partial charge < -0.3 is 5.11 Å². The molecule has 1 aliphatic heterocycles. The molecule has 2 unspecified atom stereocenters. The van der Waals surface area contributed by atoms with Gasteiger partial charge in [0, 0.05) is 11.9 Å². The van der Waals surface area contributed by atoms with Crippen LogP contribution < -0.4 is 0 Å². The van der Waals surface area contributed by atoms with Crippen molar-refractivity contribution >= 4 is 17.3 Å². The van der Waals surface area contributed by atoms with Crippen LogP contribution in [0, 0.1) is 5.92 Å². The first kappa shape index (κ1) is 16.1. The van der Waals surface area contributed by atoms with Gasteiger partial charge in [-0.05, 0) is 30.4 Å². The van der Waals surface area contributed by atoms with E-state index in [1.54, 1.807) is 5.38 Å². The second-order valence-corrected chi connectivity index (χ2v) is 7.08. The summed E-state index contributed by atoms with van der Waals surface area (Å²) in [6.07, 6.45) is 2.31. The molecular weight excluding hydrogens is 308 g/mol. The summed E-state index contributed by atoms with van der Waals surface area (Å²) in [5.41, 5.74) is 1.61. The number of hydrogen-bond acceptors (Lipinski definition) is 4. The Morgan fingerprint density at radius 2 is 2.17 bits per heavy atom. The molecule has 1 fully saturated rings. The highest BCUT2D eigenvalue weighted by Gasteiger charge is 2.29. The molecule has 1 N–H and O–H groups in total. The predicted molar refractivity (Wildman–Crippen MR) is 91.9 cm³/mol. The van der Waals surface area contributed by atoms with Crippen molar-refractivity contribution in [3.05, 3.63) is 52.0 Å². The standard InChI is InChI=1S/C18H22N2O2S/c1-2-13-10-20(11-17-19-16(12-23-17)18(21)22)9-8-15(13)14-6-4-3-5-7-14/h3-7,12-13,15H,2,8-11H2,1H3,(H,21,22). The minimum Gasteiger partial charge on any atom is -0.476 e. The number of likely N-dealkylation sites (tertiary alicyclic amines) is 1. The van der Waals surface area contributed by atoms with Gasteiger partial charge in [0.2, 0.25) is 0 Å². The summed E-state index contributed by atoms with van der Waals surface area (Å²) in [6.45, 7) is 5.11. The molecule has 2 atom stereocenters. The lowest BCUT2D eigenvalue weighted by molar-refractivity contribution is 0.0690. The number of carbonyl (C=O) groups is 1. The number of benzene rings is 1. The number of hydrogen-bond donors (Lipinski definition) is 1. The fourth-order valence-electron chi connectivity index (χ4n) is 3.48. The Morgan fingerprint density at radius 3 is 2.83 bits per heavy atom. The maximum atomic E-state index is 10.9. The Labute approximate surface area is 140 Å².